The minimum absolute atomic E-state index is 0.414. The Balaban J connectivity index is 2.19. The fourth-order valence-corrected chi connectivity index (χ4v) is 2.66. The van der Waals surface area contributed by atoms with Gasteiger partial charge in [0, 0.05) is 16.7 Å². The van der Waals surface area contributed by atoms with Gasteiger partial charge in [0.2, 0.25) is 0 Å². The van der Waals surface area contributed by atoms with Crippen molar-refractivity contribution < 1.29 is 9.53 Å². The van der Waals surface area contributed by atoms with Crippen molar-refractivity contribution in [1.29, 1.82) is 0 Å². The lowest BCUT2D eigenvalue weighted by Gasteiger charge is -2.24. The SMILES string of the molecule is CC(C)(C)OC(=O)Nc1ccc(Br)c2c1CNCC2. The highest BCUT2D eigenvalue weighted by Gasteiger charge is 2.20. The second kappa shape index (κ2) is 5.51. The molecule has 2 rings (SSSR count). The van der Waals surface area contributed by atoms with Gasteiger partial charge in [-0.15, -0.1) is 0 Å². The summed E-state index contributed by atoms with van der Waals surface area (Å²) >= 11 is 3.56. The Morgan fingerprint density at radius 2 is 2.11 bits per heavy atom. The van der Waals surface area contributed by atoms with Gasteiger partial charge in [-0.25, -0.2) is 4.79 Å². The van der Waals surface area contributed by atoms with Crippen molar-refractivity contribution in [3.05, 3.63) is 27.7 Å². The number of carbonyl (C=O) groups excluding carboxylic acids is 1. The first-order chi connectivity index (χ1) is 8.87. The lowest BCUT2D eigenvalue weighted by molar-refractivity contribution is 0.0636. The molecule has 0 radical (unpaired) electrons. The van der Waals surface area contributed by atoms with Gasteiger partial charge in [0.25, 0.3) is 0 Å². The van der Waals surface area contributed by atoms with E-state index in [4.69, 9.17) is 4.74 Å². The molecule has 1 aliphatic heterocycles. The number of anilines is 1. The van der Waals surface area contributed by atoms with Crippen molar-refractivity contribution in [2.75, 3.05) is 11.9 Å². The summed E-state index contributed by atoms with van der Waals surface area (Å²) < 4.78 is 6.38. The van der Waals surface area contributed by atoms with Gasteiger partial charge in [0.05, 0.1) is 0 Å². The molecule has 0 bridgehead atoms. The summed E-state index contributed by atoms with van der Waals surface area (Å²) in [6.07, 6.45) is 0.544. The van der Waals surface area contributed by atoms with Gasteiger partial charge in [0.15, 0.2) is 0 Å². The number of fused-ring (bicyclic) bond motifs is 1. The Morgan fingerprint density at radius 3 is 2.79 bits per heavy atom. The number of ether oxygens (including phenoxy) is 1. The molecule has 0 aromatic heterocycles. The van der Waals surface area contributed by atoms with Gasteiger partial charge in [-0.2, -0.15) is 0 Å². The summed E-state index contributed by atoms with van der Waals surface area (Å²) in [5, 5.41) is 6.15. The average Bonchev–Trinajstić information content (AvgIpc) is 2.31. The van der Waals surface area contributed by atoms with Gasteiger partial charge < -0.3 is 10.1 Å². The van der Waals surface area contributed by atoms with Crippen LogP contribution in [0.2, 0.25) is 0 Å². The number of hydrogen-bond acceptors (Lipinski definition) is 3. The number of hydrogen-bond donors (Lipinski definition) is 2. The van der Waals surface area contributed by atoms with Crippen LogP contribution < -0.4 is 10.6 Å². The first-order valence-corrected chi connectivity index (χ1v) is 7.17. The number of nitrogens with one attached hydrogen (secondary N) is 2. The largest absolute Gasteiger partial charge is 0.444 e. The Kier molecular flexibility index (Phi) is 4.16. The van der Waals surface area contributed by atoms with Crippen LogP contribution in [0.25, 0.3) is 0 Å². The Labute approximate surface area is 122 Å². The molecule has 0 unspecified atom stereocenters. The van der Waals surface area contributed by atoms with E-state index in [1.165, 1.54) is 5.56 Å². The normalized spacial score (nSPS) is 14.7. The van der Waals surface area contributed by atoms with E-state index in [0.29, 0.717) is 0 Å². The number of amides is 1. The molecule has 1 aliphatic rings. The molecule has 0 saturated heterocycles. The number of halogens is 1. The van der Waals surface area contributed by atoms with Gasteiger partial charge in [-0.05, 0) is 57.0 Å². The average molecular weight is 327 g/mol. The molecule has 0 atom stereocenters. The monoisotopic (exact) mass is 326 g/mol. The molecule has 0 saturated carbocycles. The smallest absolute Gasteiger partial charge is 0.412 e. The van der Waals surface area contributed by atoms with Crippen LogP contribution in [-0.2, 0) is 17.7 Å². The van der Waals surface area contributed by atoms with Crippen molar-refractivity contribution >= 4 is 27.7 Å². The van der Waals surface area contributed by atoms with Crippen LogP contribution in [0, 0.1) is 0 Å². The van der Waals surface area contributed by atoms with E-state index in [1.54, 1.807) is 0 Å². The van der Waals surface area contributed by atoms with Gasteiger partial charge in [-0.1, -0.05) is 15.9 Å². The second-order valence-electron chi connectivity index (χ2n) is 5.61. The second-order valence-corrected chi connectivity index (χ2v) is 6.46. The van der Waals surface area contributed by atoms with Gasteiger partial charge >= 0.3 is 6.09 Å². The van der Waals surface area contributed by atoms with Gasteiger partial charge in [0.1, 0.15) is 5.60 Å². The molecule has 0 aliphatic carbocycles. The molecule has 19 heavy (non-hydrogen) atoms. The van der Waals surface area contributed by atoms with Crippen molar-refractivity contribution in [2.24, 2.45) is 0 Å². The fourth-order valence-electron chi connectivity index (χ4n) is 2.09. The third-order valence-corrected chi connectivity index (χ3v) is 3.61. The van der Waals surface area contributed by atoms with Crippen LogP contribution in [0.5, 0.6) is 0 Å². The van der Waals surface area contributed by atoms with E-state index in [0.717, 1.165) is 35.2 Å². The molecule has 1 aromatic carbocycles. The van der Waals surface area contributed by atoms with Crippen molar-refractivity contribution in [3.8, 4) is 0 Å². The number of rotatable bonds is 1. The zero-order valence-corrected chi connectivity index (χ0v) is 13.1. The topological polar surface area (TPSA) is 50.4 Å². The first-order valence-electron chi connectivity index (χ1n) is 6.38. The maximum atomic E-state index is 11.8. The molecule has 0 spiro atoms. The molecule has 1 aromatic rings. The fraction of sp³-hybridized carbons (Fsp3) is 0.500. The van der Waals surface area contributed by atoms with Crippen LogP contribution in [-0.4, -0.2) is 18.2 Å². The van der Waals surface area contributed by atoms with E-state index in [2.05, 4.69) is 26.6 Å². The van der Waals surface area contributed by atoms with Crippen molar-refractivity contribution in [2.45, 2.75) is 39.3 Å². The maximum Gasteiger partial charge on any atom is 0.412 e. The van der Waals surface area contributed by atoms with Crippen molar-refractivity contribution in [1.82, 2.24) is 5.32 Å². The summed E-state index contributed by atoms with van der Waals surface area (Å²) in [5.74, 6) is 0. The molecular formula is C14H19BrN2O2. The molecular weight excluding hydrogens is 308 g/mol. The molecule has 4 nitrogen and oxygen atoms in total. The Morgan fingerprint density at radius 1 is 1.37 bits per heavy atom. The summed E-state index contributed by atoms with van der Waals surface area (Å²) in [6, 6.07) is 3.87. The molecule has 2 N–H and O–H groups in total. The summed E-state index contributed by atoms with van der Waals surface area (Å²) in [5.41, 5.74) is 2.72. The van der Waals surface area contributed by atoms with E-state index in [1.807, 2.05) is 32.9 Å². The number of carbonyl (C=O) groups is 1. The first kappa shape index (κ1) is 14.3. The quantitative estimate of drug-likeness (QED) is 0.831. The third kappa shape index (κ3) is 3.70. The highest BCUT2D eigenvalue weighted by molar-refractivity contribution is 9.10. The minimum Gasteiger partial charge on any atom is -0.444 e. The molecule has 1 amide bonds. The Hall–Kier alpha value is -1.07. The third-order valence-electron chi connectivity index (χ3n) is 2.86. The molecule has 104 valence electrons. The molecule has 1 heterocycles. The lowest BCUT2D eigenvalue weighted by Crippen LogP contribution is -2.29. The predicted molar refractivity (Wildman–Crippen MR) is 79.4 cm³/mol. The summed E-state index contributed by atoms with van der Waals surface area (Å²) in [6.45, 7) is 7.28. The number of benzene rings is 1. The standard InChI is InChI=1S/C14H19BrN2O2/c1-14(2,3)19-13(18)17-12-5-4-11(15)9-6-7-16-8-10(9)12/h4-5,16H,6-8H2,1-3H3,(H,17,18). The van der Waals surface area contributed by atoms with Gasteiger partial charge in [-0.3, -0.25) is 5.32 Å². The maximum absolute atomic E-state index is 11.8. The van der Waals surface area contributed by atoms with Crippen LogP contribution in [0.4, 0.5) is 10.5 Å². The zero-order chi connectivity index (χ0) is 14.0. The molecule has 5 heteroatoms. The van der Waals surface area contributed by atoms with Crippen LogP contribution in [0.1, 0.15) is 31.9 Å². The van der Waals surface area contributed by atoms with E-state index in [9.17, 15) is 4.79 Å². The highest BCUT2D eigenvalue weighted by Crippen LogP contribution is 2.30. The van der Waals surface area contributed by atoms with Crippen molar-refractivity contribution in [3.63, 3.8) is 0 Å². The van der Waals surface area contributed by atoms with Crippen LogP contribution in [0.15, 0.2) is 16.6 Å². The summed E-state index contributed by atoms with van der Waals surface area (Å²) in [7, 11) is 0. The minimum atomic E-state index is -0.488. The van der Waals surface area contributed by atoms with Crippen LogP contribution >= 0.6 is 15.9 Å². The van der Waals surface area contributed by atoms with Crippen LogP contribution in [0.3, 0.4) is 0 Å². The van der Waals surface area contributed by atoms with E-state index >= 15 is 0 Å². The van der Waals surface area contributed by atoms with E-state index in [-0.39, 0.29) is 0 Å². The highest BCUT2D eigenvalue weighted by atomic mass is 79.9. The summed E-state index contributed by atoms with van der Waals surface area (Å²) in [4.78, 5) is 11.8. The Bertz CT molecular complexity index is 495. The molecule has 0 fully saturated rings. The predicted octanol–water partition coefficient (Wildman–Crippen LogP) is 3.44. The zero-order valence-electron chi connectivity index (χ0n) is 11.5. The lowest BCUT2D eigenvalue weighted by atomic mass is 9.99. The van der Waals surface area contributed by atoms with E-state index < -0.39 is 11.7 Å².